The molecule has 5 nitrogen and oxygen atoms in total. The average Bonchev–Trinajstić information content (AvgIpc) is 2.79. The van der Waals surface area contributed by atoms with Gasteiger partial charge in [-0.3, -0.25) is 4.79 Å². The Hall–Kier alpha value is -2.27. The van der Waals surface area contributed by atoms with Gasteiger partial charge in [0.1, 0.15) is 17.1 Å². The standard InChI is InChI=1S/C22H32O2.C5H10N2O/c1-6-7-8-11-18-15-20(23-5)19-12-14-22(4,24-21(19)16-18)13-9-10-17(2)3;8-5-7-3-1-6-2-4-7/h10,12,14-16H,6-9,11,13H2,1-5H3;5-6H,1-4H2. The van der Waals surface area contributed by atoms with Crippen molar-refractivity contribution in [3.63, 3.8) is 0 Å². The Balaban J connectivity index is 0.000000380. The summed E-state index contributed by atoms with van der Waals surface area (Å²) in [6.07, 6.45) is 14.3. The number of ether oxygens (including phenoxy) is 2. The first-order chi connectivity index (χ1) is 15.4. The Morgan fingerprint density at radius 1 is 1.25 bits per heavy atom. The van der Waals surface area contributed by atoms with Crippen molar-refractivity contribution in [2.45, 2.75) is 71.8 Å². The van der Waals surface area contributed by atoms with Crippen LogP contribution in [0.1, 0.15) is 70.9 Å². The number of benzene rings is 1. The van der Waals surface area contributed by atoms with Crippen LogP contribution in [0.5, 0.6) is 11.5 Å². The average molecular weight is 443 g/mol. The van der Waals surface area contributed by atoms with Crippen molar-refractivity contribution in [3.05, 3.63) is 41.0 Å². The highest BCUT2D eigenvalue weighted by atomic mass is 16.5. The molecule has 1 aromatic carbocycles. The van der Waals surface area contributed by atoms with E-state index >= 15 is 0 Å². The van der Waals surface area contributed by atoms with Crippen molar-refractivity contribution in [2.75, 3.05) is 33.3 Å². The van der Waals surface area contributed by atoms with Gasteiger partial charge in [-0.25, -0.2) is 0 Å². The Morgan fingerprint density at radius 2 is 2.00 bits per heavy atom. The summed E-state index contributed by atoms with van der Waals surface area (Å²) in [6.45, 7) is 12.3. The lowest BCUT2D eigenvalue weighted by Gasteiger charge is -2.32. The van der Waals surface area contributed by atoms with E-state index in [1.54, 1.807) is 12.0 Å². The van der Waals surface area contributed by atoms with Gasteiger partial charge < -0.3 is 19.7 Å². The minimum atomic E-state index is -0.244. The molecule has 0 bridgehead atoms. The van der Waals surface area contributed by atoms with E-state index in [9.17, 15) is 4.79 Å². The SMILES string of the molecule is CCCCCc1cc(OC)c2c(c1)OC(C)(CCC=C(C)C)C=C2.O=CN1CCNCC1. The van der Waals surface area contributed by atoms with Gasteiger partial charge in [0.15, 0.2) is 0 Å². The van der Waals surface area contributed by atoms with Gasteiger partial charge in [-0.15, -0.1) is 0 Å². The largest absolute Gasteiger partial charge is 0.496 e. The van der Waals surface area contributed by atoms with Gasteiger partial charge in [0, 0.05) is 26.2 Å². The van der Waals surface area contributed by atoms with Gasteiger partial charge in [-0.1, -0.05) is 31.4 Å². The van der Waals surface area contributed by atoms with E-state index in [-0.39, 0.29) is 5.60 Å². The second kappa shape index (κ2) is 13.3. The fourth-order valence-electron chi connectivity index (χ4n) is 3.91. The van der Waals surface area contributed by atoms with Gasteiger partial charge in [0.05, 0.1) is 12.7 Å². The summed E-state index contributed by atoms with van der Waals surface area (Å²) in [5.74, 6) is 1.88. The molecule has 2 aliphatic rings. The fourth-order valence-corrected chi connectivity index (χ4v) is 3.91. The first-order valence-electron chi connectivity index (χ1n) is 12.0. The number of fused-ring (bicyclic) bond motifs is 1. The molecule has 1 aromatic rings. The van der Waals surface area contributed by atoms with Crippen molar-refractivity contribution < 1.29 is 14.3 Å². The van der Waals surface area contributed by atoms with E-state index in [1.807, 2.05) is 0 Å². The van der Waals surface area contributed by atoms with E-state index < -0.39 is 0 Å². The van der Waals surface area contributed by atoms with Gasteiger partial charge in [0.2, 0.25) is 6.41 Å². The Kier molecular flexibility index (Phi) is 10.8. The lowest BCUT2D eigenvalue weighted by molar-refractivity contribution is -0.118. The summed E-state index contributed by atoms with van der Waals surface area (Å²) in [7, 11) is 1.74. The molecule has 1 saturated heterocycles. The molecule has 0 aliphatic carbocycles. The number of carbonyl (C=O) groups is 1. The van der Waals surface area contributed by atoms with E-state index in [2.05, 4.69) is 63.4 Å². The molecule has 1 atom stereocenters. The molecule has 5 heteroatoms. The zero-order chi connectivity index (χ0) is 23.4. The molecule has 178 valence electrons. The van der Waals surface area contributed by atoms with Crippen LogP contribution in [0.25, 0.3) is 6.08 Å². The molecule has 1 amide bonds. The monoisotopic (exact) mass is 442 g/mol. The number of carbonyl (C=O) groups excluding carboxylic acids is 1. The highest BCUT2D eigenvalue weighted by molar-refractivity contribution is 5.68. The van der Waals surface area contributed by atoms with Crippen LogP contribution in [0.2, 0.25) is 0 Å². The van der Waals surface area contributed by atoms with Crippen LogP contribution < -0.4 is 14.8 Å². The predicted molar refractivity (Wildman–Crippen MR) is 133 cm³/mol. The number of nitrogens with one attached hydrogen (secondary N) is 1. The van der Waals surface area contributed by atoms with Crippen LogP contribution in [0.15, 0.2) is 29.9 Å². The van der Waals surface area contributed by atoms with Crippen LogP contribution in [-0.2, 0) is 11.2 Å². The number of allylic oxidation sites excluding steroid dienone is 2. The maximum atomic E-state index is 10.1. The number of hydrogen-bond acceptors (Lipinski definition) is 4. The molecular formula is C27H42N2O3. The molecule has 3 rings (SSSR count). The lowest BCUT2D eigenvalue weighted by Crippen LogP contribution is -2.42. The third-order valence-electron chi connectivity index (χ3n) is 5.89. The first-order valence-corrected chi connectivity index (χ1v) is 12.0. The Labute approximate surface area is 194 Å². The van der Waals surface area contributed by atoms with E-state index in [0.717, 1.165) is 68.9 Å². The second-order valence-electron chi connectivity index (χ2n) is 9.13. The quantitative estimate of drug-likeness (QED) is 0.317. The zero-order valence-corrected chi connectivity index (χ0v) is 20.7. The van der Waals surface area contributed by atoms with Crippen molar-refractivity contribution >= 4 is 12.5 Å². The molecule has 2 aliphatic heterocycles. The molecule has 1 unspecified atom stereocenters. The highest BCUT2D eigenvalue weighted by Crippen LogP contribution is 2.39. The third-order valence-corrected chi connectivity index (χ3v) is 5.89. The number of unbranched alkanes of at least 4 members (excludes halogenated alkanes) is 2. The summed E-state index contributed by atoms with van der Waals surface area (Å²) >= 11 is 0. The molecule has 2 heterocycles. The second-order valence-corrected chi connectivity index (χ2v) is 9.13. The van der Waals surface area contributed by atoms with Gasteiger partial charge in [0.25, 0.3) is 0 Å². The maximum Gasteiger partial charge on any atom is 0.209 e. The van der Waals surface area contributed by atoms with E-state index in [4.69, 9.17) is 9.47 Å². The number of aryl methyl sites for hydroxylation is 1. The lowest BCUT2D eigenvalue weighted by atomic mass is 9.93. The number of nitrogens with zero attached hydrogens (tertiary/aromatic N) is 1. The zero-order valence-electron chi connectivity index (χ0n) is 20.7. The first kappa shape index (κ1) is 26.0. The molecule has 0 radical (unpaired) electrons. The number of methoxy groups -OCH3 is 1. The van der Waals surface area contributed by atoms with Gasteiger partial charge in [-0.05, 0) is 76.3 Å². The van der Waals surface area contributed by atoms with Crippen molar-refractivity contribution in [3.8, 4) is 11.5 Å². The maximum absolute atomic E-state index is 10.1. The van der Waals surface area contributed by atoms with Crippen LogP contribution in [0.4, 0.5) is 0 Å². The van der Waals surface area contributed by atoms with Crippen LogP contribution >= 0.6 is 0 Å². The van der Waals surface area contributed by atoms with E-state index in [0.29, 0.717) is 0 Å². The minimum Gasteiger partial charge on any atom is -0.496 e. The molecule has 0 spiro atoms. The molecule has 0 aromatic heterocycles. The van der Waals surface area contributed by atoms with Crippen LogP contribution in [0, 0.1) is 0 Å². The Morgan fingerprint density at radius 3 is 2.59 bits per heavy atom. The third kappa shape index (κ3) is 8.34. The molecule has 0 saturated carbocycles. The van der Waals surface area contributed by atoms with Crippen molar-refractivity contribution in [1.82, 2.24) is 10.2 Å². The number of rotatable bonds is 9. The van der Waals surface area contributed by atoms with Crippen molar-refractivity contribution in [2.24, 2.45) is 0 Å². The molecule has 1 fully saturated rings. The molecule has 32 heavy (non-hydrogen) atoms. The van der Waals surface area contributed by atoms with Crippen LogP contribution in [-0.4, -0.2) is 50.2 Å². The molecular weight excluding hydrogens is 400 g/mol. The number of amides is 1. The fraction of sp³-hybridized carbons (Fsp3) is 0.593. The predicted octanol–water partition coefficient (Wildman–Crippen LogP) is 5.39. The summed E-state index contributed by atoms with van der Waals surface area (Å²) in [5.41, 5.74) is 3.49. The van der Waals surface area contributed by atoms with Gasteiger partial charge >= 0.3 is 0 Å². The van der Waals surface area contributed by atoms with Crippen molar-refractivity contribution in [1.29, 1.82) is 0 Å². The molecule has 1 N–H and O–H groups in total. The summed E-state index contributed by atoms with van der Waals surface area (Å²) in [5, 5.41) is 3.15. The van der Waals surface area contributed by atoms with Crippen LogP contribution in [0.3, 0.4) is 0 Å². The summed E-state index contributed by atoms with van der Waals surface area (Å²) in [6, 6.07) is 4.37. The summed E-state index contributed by atoms with van der Waals surface area (Å²) < 4.78 is 12.0. The normalized spacial score (nSPS) is 19.2. The highest BCUT2D eigenvalue weighted by Gasteiger charge is 2.28. The minimum absolute atomic E-state index is 0.244. The summed E-state index contributed by atoms with van der Waals surface area (Å²) in [4.78, 5) is 11.8. The van der Waals surface area contributed by atoms with E-state index in [1.165, 1.54) is 30.4 Å². The van der Waals surface area contributed by atoms with Gasteiger partial charge in [-0.2, -0.15) is 0 Å². The number of piperazine rings is 1. The number of hydrogen-bond donors (Lipinski definition) is 1. The smallest absolute Gasteiger partial charge is 0.209 e. The topological polar surface area (TPSA) is 50.8 Å². The Bertz CT molecular complexity index is 777.